The predicted molar refractivity (Wildman–Crippen MR) is 97.3 cm³/mol. The summed E-state index contributed by atoms with van der Waals surface area (Å²) in [6, 6.07) is 19.4. The Bertz CT molecular complexity index is 794. The van der Waals surface area contributed by atoms with Gasteiger partial charge in [0, 0.05) is 30.1 Å². The van der Waals surface area contributed by atoms with Crippen molar-refractivity contribution in [1.82, 2.24) is 4.98 Å². The van der Waals surface area contributed by atoms with Gasteiger partial charge in [0.05, 0.1) is 0 Å². The molecule has 0 aliphatic carbocycles. The van der Waals surface area contributed by atoms with Crippen LogP contribution in [0.4, 0.5) is 5.13 Å². The molecule has 1 aliphatic heterocycles. The van der Waals surface area contributed by atoms with Gasteiger partial charge in [-0.2, -0.15) is 0 Å². The Balaban J connectivity index is 1.55. The zero-order valence-corrected chi connectivity index (χ0v) is 14.1. The Morgan fingerprint density at radius 1 is 1.00 bits per heavy atom. The lowest BCUT2D eigenvalue weighted by Gasteiger charge is -2.28. The SMILES string of the molecule is CC(c1ccccc1)c1cnc(N2CCc3ccccc3C2)s1. The van der Waals surface area contributed by atoms with E-state index in [4.69, 9.17) is 4.98 Å². The first kappa shape index (κ1) is 14.5. The van der Waals surface area contributed by atoms with Crippen LogP contribution in [0.25, 0.3) is 0 Å². The third-order valence-electron chi connectivity index (χ3n) is 4.64. The van der Waals surface area contributed by atoms with Crippen molar-refractivity contribution in [2.45, 2.75) is 25.8 Å². The number of thiazole rings is 1. The zero-order chi connectivity index (χ0) is 15.6. The van der Waals surface area contributed by atoms with E-state index in [1.54, 1.807) is 0 Å². The molecule has 0 radical (unpaired) electrons. The number of rotatable bonds is 3. The molecule has 23 heavy (non-hydrogen) atoms. The largest absolute Gasteiger partial charge is 0.343 e. The summed E-state index contributed by atoms with van der Waals surface area (Å²) in [7, 11) is 0. The van der Waals surface area contributed by atoms with Crippen LogP contribution in [0, 0.1) is 0 Å². The maximum Gasteiger partial charge on any atom is 0.185 e. The van der Waals surface area contributed by atoms with Gasteiger partial charge >= 0.3 is 0 Å². The maximum atomic E-state index is 4.70. The van der Waals surface area contributed by atoms with Gasteiger partial charge in [0.2, 0.25) is 0 Å². The highest BCUT2D eigenvalue weighted by atomic mass is 32.1. The first-order valence-electron chi connectivity index (χ1n) is 8.13. The molecule has 0 N–H and O–H groups in total. The molecule has 0 saturated heterocycles. The molecule has 0 saturated carbocycles. The molecular formula is C20H20N2S. The molecule has 0 spiro atoms. The van der Waals surface area contributed by atoms with Crippen LogP contribution < -0.4 is 4.90 Å². The summed E-state index contributed by atoms with van der Waals surface area (Å²) in [5, 5.41) is 1.15. The summed E-state index contributed by atoms with van der Waals surface area (Å²) in [4.78, 5) is 8.45. The standard InChI is InChI=1S/C20H20N2S/c1-15(16-7-3-2-4-8-16)19-13-21-20(23-19)22-12-11-17-9-5-6-10-18(17)14-22/h2-10,13,15H,11-12,14H2,1H3. The predicted octanol–water partition coefficient (Wildman–Crippen LogP) is 4.86. The molecule has 3 aromatic rings. The Kier molecular flexibility index (Phi) is 3.88. The summed E-state index contributed by atoms with van der Waals surface area (Å²) in [5.74, 6) is 0.402. The summed E-state index contributed by atoms with van der Waals surface area (Å²) >= 11 is 1.83. The topological polar surface area (TPSA) is 16.1 Å². The second-order valence-corrected chi connectivity index (χ2v) is 7.16. The van der Waals surface area contributed by atoms with Crippen molar-refractivity contribution < 1.29 is 0 Å². The zero-order valence-electron chi connectivity index (χ0n) is 13.3. The lowest BCUT2D eigenvalue weighted by atomic mass is 10.0. The van der Waals surface area contributed by atoms with Gasteiger partial charge in [-0.3, -0.25) is 0 Å². The molecule has 2 aromatic carbocycles. The van der Waals surface area contributed by atoms with Crippen LogP contribution in [0.5, 0.6) is 0 Å². The second kappa shape index (κ2) is 6.17. The Morgan fingerprint density at radius 3 is 2.57 bits per heavy atom. The van der Waals surface area contributed by atoms with E-state index in [0.717, 1.165) is 24.6 Å². The highest BCUT2D eigenvalue weighted by Gasteiger charge is 2.20. The van der Waals surface area contributed by atoms with E-state index >= 15 is 0 Å². The molecule has 1 unspecified atom stereocenters. The molecular weight excluding hydrogens is 300 g/mol. The molecule has 2 nitrogen and oxygen atoms in total. The fraction of sp³-hybridized carbons (Fsp3) is 0.250. The van der Waals surface area contributed by atoms with E-state index in [2.05, 4.69) is 72.6 Å². The van der Waals surface area contributed by atoms with Crippen molar-refractivity contribution in [3.63, 3.8) is 0 Å². The van der Waals surface area contributed by atoms with Crippen LogP contribution in [-0.4, -0.2) is 11.5 Å². The van der Waals surface area contributed by atoms with Crippen molar-refractivity contribution in [3.05, 3.63) is 82.4 Å². The second-order valence-electron chi connectivity index (χ2n) is 6.12. The van der Waals surface area contributed by atoms with Gasteiger partial charge in [0.15, 0.2) is 5.13 Å². The van der Waals surface area contributed by atoms with Gasteiger partial charge in [0.25, 0.3) is 0 Å². The van der Waals surface area contributed by atoms with Crippen molar-refractivity contribution in [2.75, 3.05) is 11.4 Å². The van der Waals surface area contributed by atoms with Gasteiger partial charge in [-0.1, -0.05) is 61.5 Å². The lowest BCUT2D eigenvalue weighted by Crippen LogP contribution is -2.30. The molecule has 4 rings (SSSR count). The van der Waals surface area contributed by atoms with E-state index < -0.39 is 0 Å². The van der Waals surface area contributed by atoms with Gasteiger partial charge in [0.1, 0.15) is 0 Å². The quantitative estimate of drug-likeness (QED) is 0.685. The Hall–Kier alpha value is -2.13. The average Bonchev–Trinajstić information content (AvgIpc) is 3.11. The van der Waals surface area contributed by atoms with Crippen molar-refractivity contribution in [2.24, 2.45) is 0 Å². The van der Waals surface area contributed by atoms with Crippen LogP contribution in [-0.2, 0) is 13.0 Å². The summed E-state index contributed by atoms with van der Waals surface area (Å²) in [5.41, 5.74) is 4.27. The maximum absolute atomic E-state index is 4.70. The molecule has 116 valence electrons. The van der Waals surface area contributed by atoms with E-state index in [-0.39, 0.29) is 0 Å². The minimum Gasteiger partial charge on any atom is -0.343 e. The van der Waals surface area contributed by atoms with Crippen molar-refractivity contribution >= 4 is 16.5 Å². The summed E-state index contributed by atoms with van der Waals surface area (Å²) in [6.07, 6.45) is 3.16. The fourth-order valence-corrected chi connectivity index (χ4v) is 4.21. The van der Waals surface area contributed by atoms with Crippen LogP contribution >= 0.6 is 11.3 Å². The Morgan fingerprint density at radius 2 is 1.74 bits per heavy atom. The van der Waals surface area contributed by atoms with Crippen LogP contribution in [0.15, 0.2) is 60.8 Å². The number of anilines is 1. The van der Waals surface area contributed by atoms with E-state index in [1.165, 1.54) is 21.6 Å². The first-order chi connectivity index (χ1) is 11.3. The van der Waals surface area contributed by atoms with Crippen LogP contribution in [0.3, 0.4) is 0 Å². The third kappa shape index (κ3) is 2.89. The number of hydrogen-bond acceptors (Lipinski definition) is 3. The van der Waals surface area contributed by atoms with Gasteiger partial charge in [-0.15, -0.1) is 11.3 Å². The van der Waals surface area contributed by atoms with Crippen molar-refractivity contribution in [1.29, 1.82) is 0 Å². The molecule has 1 aliphatic rings. The van der Waals surface area contributed by atoms with Crippen LogP contribution in [0.1, 0.15) is 34.4 Å². The fourth-order valence-electron chi connectivity index (χ4n) is 3.19. The number of benzene rings is 2. The van der Waals surface area contributed by atoms with Gasteiger partial charge < -0.3 is 4.90 Å². The molecule has 0 bridgehead atoms. The molecule has 1 atom stereocenters. The van der Waals surface area contributed by atoms with Crippen LogP contribution in [0.2, 0.25) is 0 Å². The third-order valence-corrected chi connectivity index (χ3v) is 5.88. The summed E-state index contributed by atoms with van der Waals surface area (Å²) < 4.78 is 0. The molecule has 0 amide bonds. The van der Waals surface area contributed by atoms with E-state index in [9.17, 15) is 0 Å². The average molecular weight is 320 g/mol. The molecule has 1 aromatic heterocycles. The minimum absolute atomic E-state index is 0.402. The van der Waals surface area contributed by atoms with E-state index in [1.807, 2.05) is 11.3 Å². The molecule has 2 heterocycles. The highest BCUT2D eigenvalue weighted by Crippen LogP contribution is 2.34. The van der Waals surface area contributed by atoms with Gasteiger partial charge in [-0.05, 0) is 23.1 Å². The normalized spacial score (nSPS) is 15.3. The lowest BCUT2D eigenvalue weighted by molar-refractivity contribution is 0.729. The number of fused-ring (bicyclic) bond motifs is 1. The number of aromatic nitrogens is 1. The van der Waals surface area contributed by atoms with E-state index in [0.29, 0.717) is 5.92 Å². The molecule has 3 heteroatoms. The monoisotopic (exact) mass is 320 g/mol. The van der Waals surface area contributed by atoms with Crippen molar-refractivity contribution in [3.8, 4) is 0 Å². The number of hydrogen-bond donors (Lipinski definition) is 0. The summed E-state index contributed by atoms with van der Waals surface area (Å²) in [6.45, 7) is 4.30. The molecule has 0 fully saturated rings. The highest BCUT2D eigenvalue weighted by molar-refractivity contribution is 7.15. The number of nitrogens with zero attached hydrogens (tertiary/aromatic N) is 2. The smallest absolute Gasteiger partial charge is 0.185 e. The van der Waals surface area contributed by atoms with Gasteiger partial charge in [-0.25, -0.2) is 4.98 Å². The first-order valence-corrected chi connectivity index (χ1v) is 8.95. The Labute approximate surface area is 141 Å². The minimum atomic E-state index is 0.402.